The summed E-state index contributed by atoms with van der Waals surface area (Å²) in [6.07, 6.45) is 1.62. The van der Waals surface area contributed by atoms with Gasteiger partial charge in [-0.2, -0.15) is 0 Å². The minimum Gasteiger partial charge on any atom is -0.467 e. The molecular weight excluding hydrogens is 324 g/mol. The summed E-state index contributed by atoms with van der Waals surface area (Å²) in [4.78, 5) is 13.9. The third-order valence-electron chi connectivity index (χ3n) is 4.48. The summed E-state index contributed by atoms with van der Waals surface area (Å²) in [5, 5.41) is 3.30. The zero-order valence-corrected chi connectivity index (χ0v) is 15.2. The van der Waals surface area contributed by atoms with E-state index in [-0.39, 0.29) is 11.9 Å². The minimum atomic E-state index is 0.0363. The standard InChI is InChI=1S/C22H24N2O2/c1-17(23-15-22(25)24(2)16-21-9-6-14-26-21)18-10-12-20(13-11-18)19-7-4-3-5-8-19/h3-14,17,23H,15-16H2,1-2H3. The van der Waals surface area contributed by atoms with Crippen LogP contribution in [0.15, 0.2) is 77.4 Å². The molecule has 1 atom stereocenters. The maximum atomic E-state index is 12.3. The third-order valence-corrected chi connectivity index (χ3v) is 4.48. The molecule has 0 aliphatic heterocycles. The van der Waals surface area contributed by atoms with Crippen LogP contribution in [0, 0.1) is 0 Å². The van der Waals surface area contributed by atoms with E-state index in [2.05, 4.69) is 48.6 Å². The van der Waals surface area contributed by atoms with Crippen LogP contribution in [0.25, 0.3) is 11.1 Å². The van der Waals surface area contributed by atoms with Crippen molar-refractivity contribution in [2.24, 2.45) is 0 Å². The number of furan rings is 1. The predicted octanol–water partition coefficient (Wildman–Crippen LogP) is 4.26. The monoisotopic (exact) mass is 348 g/mol. The van der Waals surface area contributed by atoms with E-state index in [9.17, 15) is 4.79 Å². The smallest absolute Gasteiger partial charge is 0.236 e. The summed E-state index contributed by atoms with van der Waals surface area (Å²) in [6, 6.07) is 22.5. The number of nitrogens with one attached hydrogen (secondary N) is 1. The van der Waals surface area contributed by atoms with Gasteiger partial charge in [0, 0.05) is 13.1 Å². The Hall–Kier alpha value is -2.85. The van der Waals surface area contributed by atoms with Crippen LogP contribution in [-0.4, -0.2) is 24.4 Å². The van der Waals surface area contributed by atoms with E-state index in [1.165, 1.54) is 11.1 Å². The highest BCUT2D eigenvalue weighted by Crippen LogP contribution is 2.21. The van der Waals surface area contributed by atoms with Crippen molar-refractivity contribution in [2.45, 2.75) is 19.5 Å². The number of nitrogens with zero attached hydrogens (tertiary/aromatic N) is 1. The van der Waals surface area contributed by atoms with E-state index in [0.717, 1.165) is 11.3 Å². The van der Waals surface area contributed by atoms with Crippen molar-refractivity contribution in [3.8, 4) is 11.1 Å². The number of carbonyl (C=O) groups excluding carboxylic acids is 1. The minimum absolute atomic E-state index is 0.0363. The van der Waals surface area contributed by atoms with Crippen LogP contribution >= 0.6 is 0 Å². The Morgan fingerprint density at radius 3 is 2.35 bits per heavy atom. The van der Waals surface area contributed by atoms with E-state index in [1.54, 1.807) is 18.2 Å². The lowest BCUT2D eigenvalue weighted by Crippen LogP contribution is -2.36. The van der Waals surface area contributed by atoms with Gasteiger partial charge in [0.15, 0.2) is 0 Å². The van der Waals surface area contributed by atoms with E-state index < -0.39 is 0 Å². The maximum Gasteiger partial charge on any atom is 0.236 e. The van der Waals surface area contributed by atoms with Crippen molar-refractivity contribution in [1.29, 1.82) is 0 Å². The normalized spacial score (nSPS) is 11.9. The molecule has 0 fully saturated rings. The molecule has 1 unspecified atom stereocenters. The van der Waals surface area contributed by atoms with Crippen LogP contribution in [0.1, 0.15) is 24.3 Å². The Bertz CT molecular complexity index is 811. The number of amides is 1. The molecule has 2 aromatic carbocycles. The molecule has 26 heavy (non-hydrogen) atoms. The molecule has 1 aromatic heterocycles. The van der Waals surface area contributed by atoms with Gasteiger partial charge in [0.1, 0.15) is 5.76 Å². The fourth-order valence-electron chi connectivity index (χ4n) is 2.81. The highest BCUT2D eigenvalue weighted by atomic mass is 16.3. The van der Waals surface area contributed by atoms with Crippen molar-refractivity contribution in [1.82, 2.24) is 10.2 Å². The first-order valence-electron chi connectivity index (χ1n) is 8.78. The van der Waals surface area contributed by atoms with Crippen molar-refractivity contribution < 1.29 is 9.21 Å². The molecule has 0 radical (unpaired) electrons. The number of likely N-dealkylation sites (N-methyl/N-ethyl adjacent to an activating group) is 1. The lowest BCUT2D eigenvalue weighted by Gasteiger charge is -2.19. The molecule has 0 bridgehead atoms. The van der Waals surface area contributed by atoms with Gasteiger partial charge in [-0.05, 0) is 35.7 Å². The molecule has 4 nitrogen and oxygen atoms in total. The summed E-state index contributed by atoms with van der Waals surface area (Å²) < 4.78 is 5.28. The Morgan fingerprint density at radius 2 is 1.69 bits per heavy atom. The summed E-state index contributed by atoms with van der Waals surface area (Å²) in [6.45, 7) is 2.84. The highest BCUT2D eigenvalue weighted by Gasteiger charge is 2.13. The van der Waals surface area contributed by atoms with E-state index in [1.807, 2.05) is 30.3 Å². The van der Waals surface area contributed by atoms with Crippen LogP contribution < -0.4 is 5.32 Å². The van der Waals surface area contributed by atoms with Crippen LogP contribution in [0.4, 0.5) is 0 Å². The molecule has 0 saturated heterocycles. The molecule has 1 N–H and O–H groups in total. The predicted molar refractivity (Wildman–Crippen MR) is 103 cm³/mol. The van der Waals surface area contributed by atoms with E-state index >= 15 is 0 Å². The van der Waals surface area contributed by atoms with Crippen molar-refractivity contribution in [2.75, 3.05) is 13.6 Å². The van der Waals surface area contributed by atoms with Crippen molar-refractivity contribution in [3.05, 3.63) is 84.3 Å². The zero-order chi connectivity index (χ0) is 18.4. The summed E-state index contributed by atoms with van der Waals surface area (Å²) in [7, 11) is 1.78. The summed E-state index contributed by atoms with van der Waals surface area (Å²) in [5.41, 5.74) is 3.55. The first kappa shape index (κ1) is 18.0. The Labute approximate surface area is 154 Å². The second kappa shape index (κ2) is 8.50. The maximum absolute atomic E-state index is 12.3. The zero-order valence-electron chi connectivity index (χ0n) is 15.2. The molecule has 3 aromatic rings. The van der Waals surface area contributed by atoms with Gasteiger partial charge < -0.3 is 14.6 Å². The van der Waals surface area contributed by atoms with Crippen molar-refractivity contribution >= 4 is 5.91 Å². The van der Waals surface area contributed by atoms with Crippen LogP contribution in [0.5, 0.6) is 0 Å². The van der Waals surface area contributed by atoms with Crippen LogP contribution in [0.3, 0.4) is 0 Å². The van der Waals surface area contributed by atoms with Gasteiger partial charge >= 0.3 is 0 Å². The molecule has 134 valence electrons. The number of hydrogen-bond donors (Lipinski definition) is 1. The lowest BCUT2D eigenvalue weighted by molar-refractivity contribution is -0.129. The van der Waals surface area contributed by atoms with Gasteiger partial charge in [-0.25, -0.2) is 0 Å². The first-order chi connectivity index (χ1) is 12.6. The van der Waals surface area contributed by atoms with Gasteiger partial charge in [0.05, 0.1) is 19.4 Å². The highest BCUT2D eigenvalue weighted by molar-refractivity contribution is 5.78. The topological polar surface area (TPSA) is 45.5 Å². The molecule has 1 heterocycles. The average Bonchev–Trinajstić information content (AvgIpc) is 3.19. The molecule has 0 aliphatic rings. The molecule has 0 saturated carbocycles. The second-order valence-electron chi connectivity index (χ2n) is 6.42. The first-order valence-corrected chi connectivity index (χ1v) is 8.78. The number of rotatable bonds is 7. The summed E-state index contributed by atoms with van der Waals surface area (Å²) in [5.74, 6) is 0.819. The number of benzene rings is 2. The molecule has 3 rings (SSSR count). The average molecular weight is 348 g/mol. The summed E-state index contributed by atoms with van der Waals surface area (Å²) >= 11 is 0. The second-order valence-corrected chi connectivity index (χ2v) is 6.42. The van der Waals surface area contributed by atoms with E-state index in [4.69, 9.17) is 4.42 Å². The largest absolute Gasteiger partial charge is 0.467 e. The van der Waals surface area contributed by atoms with Gasteiger partial charge in [-0.1, -0.05) is 54.6 Å². The SMILES string of the molecule is CC(NCC(=O)N(C)Cc1ccco1)c1ccc(-c2ccccc2)cc1. The quantitative estimate of drug-likeness (QED) is 0.694. The molecule has 0 spiro atoms. The van der Waals surface area contributed by atoms with Crippen LogP contribution in [-0.2, 0) is 11.3 Å². The molecular formula is C22H24N2O2. The van der Waals surface area contributed by atoms with Crippen LogP contribution in [0.2, 0.25) is 0 Å². The van der Waals surface area contributed by atoms with Crippen molar-refractivity contribution in [3.63, 3.8) is 0 Å². The van der Waals surface area contributed by atoms with Gasteiger partial charge in [0.2, 0.25) is 5.91 Å². The van der Waals surface area contributed by atoms with Gasteiger partial charge in [-0.3, -0.25) is 4.79 Å². The molecule has 0 aliphatic carbocycles. The number of hydrogen-bond acceptors (Lipinski definition) is 3. The fourth-order valence-corrected chi connectivity index (χ4v) is 2.81. The third kappa shape index (κ3) is 4.61. The Balaban J connectivity index is 1.53. The number of carbonyl (C=O) groups is 1. The van der Waals surface area contributed by atoms with E-state index in [0.29, 0.717) is 13.1 Å². The van der Waals surface area contributed by atoms with Gasteiger partial charge in [-0.15, -0.1) is 0 Å². The fraction of sp³-hybridized carbons (Fsp3) is 0.227. The van der Waals surface area contributed by atoms with Gasteiger partial charge in [0.25, 0.3) is 0 Å². The lowest BCUT2D eigenvalue weighted by atomic mass is 10.0. The molecule has 1 amide bonds. The Kier molecular flexibility index (Phi) is 5.87. The Morgan fingerprint density at radius 1 is 1.00 bits per heavy atom. The molecule has 4 heteroatoms.